The highest BCUT2D eigenvalue weighted by Crippen LogP contribution is 2.22. The number of aromatic nitrogens is 2. The number of aryl methyl sites for hydroxylation is 1. The molecule has 1 saturated heterocycles. The molecular weight excluding hydrogens is 403 g/mol. The van der Waals surface area contributed by atoms with Crippen molar-refractivity contribution in [1.29, 1.82) is 0 Å². The lowest BCUT2D eigenvalue weighted by atomic mass is 10.1. The van der Waals surface area contributed by atoms with Gasteiger partial charge in [0.15, 0.2) is 0 Å². The minimum Gasteiger partial charge on any atom is -0.336 e. The Balaban J connectivity index is 1.44. The van der Waals surface area contributed by atoms with E-state index in [0.29, 0.717) is 30.2 Å². The van der Waals surface area contributed by atoms with Crippen molar-refractivity contribution in [2.24, 2.45) is 0 Å². The van der Waals surface area contributed by atoms with Gasteiger partial charge in [0.1, 0.15) is 5.82 Å². The average molecular weight is 427 g/mol. The third-order valence-electron chi connectivity index (χ3n) is 5.57. The first kappa shape index (κ1) is 20.6. The molecule has 1 aliphatic heterocycles. The number of benzene rings is 2. The van der Waals surface area contributed by atoms with E-state index in [-0.39, 0.29) is 11.7 Å². The average Bonchev–Trinajstić information content (AvgIpc) is 3.05. The van der Waals surface area contributed by atoms with Crippen LogP contribution in [0, 0.1) is 19.7 Å². The summed E-state index contributed by atoms with van der Waals surface area (Å²) in [6.45, 7) is 7.21. The number of para-hydroxylation sites is 1. The van der Waals surface area contributed by atoms with E-state index in [1.165, 1.54) is 12.1 Å². The smallest absolute Gasteiger partial charge is 0.257 e. The van der Waals surface area contributed by atoms with Gasteiger partial charge in [0.2, 0.25) is 0 Å². The van der Waals surface area contributed by atoms with Gasteiger partial charge in [0.25, 0.3) is 5.91 Å². The van der Waals surface area contributed by atoms with E-state index in [4.69, 9.17) is 11.6 Å². The molecule has 1 amide bonds. The maximum atomic E-state index is 13.3. The molecule has 1 aliphatic rings. The molecule has 3 aromatic rings. The first-order valence-corrected chi connectivity index (χ1v) is 10.4. The largest absolute Gasteiger partial charge is 0.336 e. The number of carbonyl (C=O) groups is 1. The summed E-state index contributed by atoms with van der Waals surface area (Å²) in [5.41, 5.74) is 4.10. The highest BCUT2D eigenvalue weighted by Gasteiger charge is 2.27. The van der Waals surface area contributed by atoms with Gasteiger partial charge >= 0.3 is 0 Å². The van der Waals surface area contributed by atoms with E-state index < -0.39 is 0 Å². The molecule has 5 nitrogen and oxygen atoms in total. The molecule has 0 aliphatic carbocycles. The predicted molar refractivity (Wildman–Crippen MR) is 116 cm³/mol. The summed E-state index contributed by atoms with van der Waals surface area (Å²) in [4.78, 5) is 17.4. The first-order valence-electron chi connectivity index (χ1n) is 10.0. The van der Waals surface area contributed by atoms with Crippen molar-refractivity contribution in [2.75, 3.05) is 26.2 Å². The Kier molecular flexibility index (Phi) is 5.88. The fourth-order valence-corrected chi connectivity index (χ4v) is 4.16. The minimum atomic E-state index is -0.332. The van der Waals surface area contributed by atoms with Crippen molar-refractivity contribution in [3.05, 3.63) is 81.9 Å². The highest BCUT2D eigenvalue weighted by molar-refractivity contribution is 6.31. The summed E-state index contributed by atoms with van der Waals surface area (Å²) in [6.07, 6.45) is 0. The van der Waals surface area contributed by atoms with Crippen LogP contribution in [0.5, 0.6) is 0 Å². The fourth-order valence-electron chi connectivity index (χ4n) is 3.93. The Labute approximate surface area is 180 Å². The number of hydrogen-bond donors (Lipinski definition) is 0. The third-order valence-corrected chi connectivity index (χ3v) is 5.93. The van der Waals surface area contributed by atoms with Gasteiger partial charge in [0, 0.05) is 37.7 Å². The summed E-state index contributed by atoms with van der Waals surface area (Å²) in [7, 11) is 0. The van der Waals surface area contributed by atoms with Crippen LogP contribution in [0.15, 0.2) is 48.5 Å². The second kappa shape index (κ2) is 8.58. The summed E-state index contributed by atoms with van der Waals surface area (Å²) < 4.78 is 15.1. The van der Waals surface area contributed by atoms with Gasteiger partial charge in [0.05, 0.1) is 22.6 Å². The van der Waals surface area contributed by atoms with Crippen molar-refractivity contribution < 1.29 is 9.18 Å². The Hall–Kier alpha value is -2.70. The van der Waals surface area contributed by atoms with Crippen LogP contribution in [-0.2, 0) is 6.54 Å². The fraction of sp³-hybridized carbons (Fsp3) is 0.304. The topological polar surface area (TPSA) is 41.4 Å². The van der Waals surface area contributed by atoms with Crippen molar-refractivity contribution in [1.82, 2.24) is 19.6 Å². The van der Waals surface area contributed by atoms with E-state index in [1.54, 1.807) is 6.07 Å². The molecule has 0 unspecified atom stereocenters. The molecule has 7 heteroatoms. The Morgan fingerprint density at radius 1 is 1.07 bits per heavy atom. The van der Waals surface area contributed by atoms with Gasteiger partial charge in [-0.05, 0) is 43.7 Å². The second-order valence-electron chi connectivity index (χ2n) is 7.60. The van der Waals surface area contributed by atoms with Crippen molar-refractivity contribution >= 4 is 17.5 Å². The van der Waals surface area contributed by atoms with Crippen LogP contribution >= 0.6 is 11.6 Å². The highest BCUT2D eigenvalue weighted by atomic mass is 35.5. The Bertz CT molecular complexity index is 1060. The predicted octanol–water partition coefficient (Wildman–Crippen LogP) is 4.24. The molecule has 0 saturated carbocycles. The molecule has 0 atom stereocenters. The maximum Gasteiger partial charge on any atom is 0.257 e. The van der Waals surface area contributed by atoms with Gasteiger partial charge in [-0.15, -0.1) is 0 Å². The summed E-state index contributed by atoms with van der Waals surface area (Å²) in [5, 5.41) is 5.04. The molecule has 1 fully saturated rings. The van der Waals surface area contributed by atoms with Crippen molar-refractivity contribution in [3.63, 3.8) is 0 Å². The summed E-state index contributed by atoms with van der Waals surface area (Å²) in [5.74, 6) is -0.312. The third kappa shape index (κ3) is 4.11. The minimum absolute atomic E-state index is 0.0200. The maximum absolute atomic E-state index is 13.3. The van der Waals surface area contributed by atoms with Crippen LogP contribution in [0.25, 0.3) is 5.69 Å². The van der Waals surface area contributed by atoms with E-state index in [2.05, 4.69) is 10.00 Å². The number of amides is 1. The van der Waals surface area contributed by atoms with Crippen LogP contribution in [0.2, 0.25) is 5.02 Å². The van der Waals surface area contributed by atoms with Crippen LogP contribution < -0.4 is 0 Å². The van der Waals surface area contributed by atoms with Crippen LogP contribution in [0.1, 0.15) is 27.3 Å². The molecule has 1 aromatic heterocycles. The Morgan fingerprint density at radius 2 is 1.77 bits per heavy atom. The zero-order valence-electron chi connectivity index (χ0n) is 17.1. The number of hydrogen-bond acceptors (Lipinski definition) is 3. The monoisotopic (exact) mass is 426 g/mol. The number of carbonyl (C=O) groups excluding carboxylic acids is 1. The molecule has 0 radical (unpaired) electrons. The molecule has 2 aromatic carbocycles. The Morgan fingerprint density at radius 3 is 2.43 bits per heavy atom. The molecule has 30 heavy (non-hydrogen) atoms. The lowest BCUT2D eigenvalue weighted by molar-refractivity contribution is 0.0627. The van der Waals surface area contributed by atoms with E-state index >= 15 is 0 Å². The lowest BCUT2D eigenvalue weighted by Crippen LogP contribution is -2.48. The lowest BCUT2D eigenvalue weighted by Gasteiger charge is -2.35. The molecule has 156 valence electrons. The molecule has 2 heterocycles. The van der Waals surface area contributed by atoms with Gasteiger partial charge in [-0.3, -0.25) is 9.69 Å². The zero-order valence-corrected chi connectivity index (χ0v) is 17.9. The number of rotatable bonds is 4. The van der Waals surface area contributed by atoms with Gasteiger partial charge in [-0.1, -0.05) is 35.9 Å². The van der Waals surface area contributed by atoms with Crippen molar-refractivity contribution in [2.45, 2.75) is 20.4 Å². The number of nitrogens with zero attached hydrogens (tertiary/aromatic N) is 4. The molecule has 0 bridgehead atoms. The van der Waals surface area contributed by atoms with Crippen LogP contribution in [0.3, 0.4) is 0 Å². The van der Waals surface area contributed by atoms with Gasteiger partial charge in [-0.25, -0.2) is 9.07 Å². The van der Waals surface area contributed by atoms with Crippen molar-refractivity contribution in [3.8, 4) is 5.69 Å². The van der Waals surface area contributed by atoms with Gasteiger partial charge < -0.3 is 4.90 Å². The summed E-state index contributed by atoms with van der Waals surface area (Å²) in [6, 6.07) is 14.3. The zero-order chi connectivity index (χ0) is 21.3. The SMILES string of the molecule is Cc1nn(-c2ccccc2)c(C)c1C(=O)N1CCN(Cc2ccc(F)cc2Cl)CC1. The molecule has 0 N–H and O–H groups in total. The normalized spacial score (nSPS) is 14.9. The number of halogens is 2. The van der Waals surface area contributed by atoms with Crippen LogP contribution in [0.4, 0.5) is 4.39 Å². The van der Waals surface area contributed by atoms with Crippen LogP contribution in [-0.4, -0.2) is 51.7 Å². The standard InChI is InChI=1S/C23H24ClFN4O/c1-16-22(17(2)29(26-16)20-6-4-3-5-7-20)23(30)28-12-10-27(11-13-28)15-18-8-9-19(25)14-21(18)24/h3-9,14H,10-13,15H2,1-2H3. The molecule has 4 rings (SSSR count). The number of piperazine rings is 1. The molecule has 0 spiro atoms. The summed E-state index contributed by atoms with van der Waals surface area (Å²) >= 11 is 6.16. The quantitative estimate of drug-likeness (QED) is 0.626. The second-order valence-corrected chi connectivity index (χ2v) is 8.00. The van der Waals surface area contributed by atoms with E-state index in [1.807, 2.05) is 53.8 Å². The first-order chi connectivity index (χ1) is 14.4. The van der Waals surface area contributed by atoms with Gasteiger partial charge in [-0.2, -0.15) is 5.10 Å². The molecular formula is C23H24ClFN4O. The van der Waals surface area contributed by atoms with E-state index in [9.17, 15) is 9.18 Å². The van der Waals surface area contributed by atoms with E-state index in [0.717, 1.165) is 35.7 Å².